The Morgan fingerprint density at radius 3 is 2.70 bits per heavy atom. The fourth-order valence-electron chi connectivity index (χ4n) is 2.90. The summed E-state index contributed by atoms with van der Waals surface area (Å²) in [6.45, 7) is 2.32. The van der Waals surface area contributed by atoms with E-state index in [9.17, 15) is 0 Å². The van der Waals surface area contributed by atoms with Gasteiger partial charge in [0, 0.05) is 27.2 Å². The van der Waals surface area contributed by atoms with E-state index in [2.05, 4.69) is 39.9 Å². The Morgan fingerprint density at radius 1 is 1.17 bits per heavy atom. The summed E-state index contributed by atoms with van der Waals surface area (Å²) in [5, 5.41) is 6.79. The number of rotatable bonds is 7. The van der Waals surface area contributed by atoms with E-state index < -0.39 is 0 Å². The molecule has 0 fully saturated rings. The Labute approximate surface area is 140 Å². The lowest BCUT2D eigenvalue weighted by Gasteiger charge is -2.16. The number of methoxy groups -OCH3 is 1. The van der Waals surface area contributed by atoms with Crippen LogP contribution >= 0.6 is 0 Å². The molecule has 0 spiro atoms. The average molecular weight is 315 g/mol. The van der Waals surface area contributed by atoms with Crippen LogP contribution in [0.25, 0.3) is 0 Å². The molecule has 4 nitrogen and oxygen atoms in total. The summed E-state index contributed by atoms with van der Waals surface area (Å²) in [5.41, 5.74) is 4.04. The van der Waals surface area contributed by atoms with Crippen LogP contribution in [0.4, 0.5) is 0 Å². The van der Waals surface area contributed by atoms with E-state index in [-0.39, 0.29) is 0 Å². The molecule has 0 heterocycles. The number of guanidine groups is 1. The standard InChI is InChI=1S/C19H29N3O/c1-20-19(21-13-12-16-8-4-3-5-9-16)22-14-17-10-6-7-11-18(17)15-23-2/h6-8,10-11H,3-5,9,12-15H2,1-2H3,(H2,20,21,22). The lowest BCUT2D eigenvalue weighted by molar-refractivity contribution is 0.184. The Bertz CT molecular complexity index is 537. The van der Waals surface area contributed by atoms with Crippen LogP contribution in [0, 0.1) is 0 Å². The van der Waals surface area contributed by atoms with Crippen LogP contribution in [-0.4, -0.2) is 26.7 Å². The van der Waals surface area contributed by atoms with Gasteiger partial charge < -0.3 is 15.4 Å². The molecule has 1 aliphatic rings. The number of ether oxygens (including phenoxy) is 1. The van der Waals surface area contributed by atoms with E-state index in [0.717, 1.165) is 25.5 Å². The van der Waals surface area contributed by atoms with Gasteiger partial charge in [0.05, 0.1) is 6.61 Å². The third-order valence-corrected chi connectivity index (χ3v) is 4.21. The van der Waals surface area contributed by atoms with Crippen molar-refractivity contribution in [3.63, 3.8) is 0 Å². The summed E-state index contributed by atoms with van der Waals surface area (Å²) in [6.07, 6.45) is 8.72. The normalized spacial score (nSPS) is 15.2. The van der Waals surface area contributed by atoms with Gasteiger partial charge in [-0.2, -0.15) is 0 Å². The van der Waals surface area contributed by atoms with Gasteiger partial charge in [-0.3, -0.25) is 4.99 Å². The van der Waals surface area contributed by atoms with Gasteiger partial charge in [-0.15, -0.1) is 0 Å². The van der Waals surface area contributed by atoms with Gasteiger partial charge in [0.15, 0.2) is 5.96 Å². The van der Waals surface area contributed by atoms with Gasteiger partial charge in [-0.1, -0.05) is 35.9 Å². The molecule has 0 saturated carbocycles. The summed E-state index contributed by atoms with van der Waals surface area (Å²) >= 11 is 0. The van der Waals surface area contributed by atoms with Gasteiger partial charge in [-0.05, 0) is 43.2 Å². The van der Waals surface area contributed by atoms with Crippen LogP contribution in [0.1, 0.15) is 43.2 Å². The SMILES string of the molecule is CN=C(NCCC1=CCCCC1)NCc1ccccc1COC. The number of aliphatic imine (C=N–C) groups is 1. The van der Waals surface area contributed by atoms with Gasteiger partial charge >= 0.3 is 0 Å². The summed E-state index contributed by atoms with van der Waals surface area (Å²) in [4.78, 5) is 4.31. The molecule has 0 unspecified atom stereocenters. The molecule has 2 N–H and O–H groups in total. The van der Waals surface area contributed by atoms with Crippen LogP contribution in [-0.2, 0) is 17.9 Å². The second-order valence-corrected chi connectivity index (χ2v) is 5.91. The van der Waals surface area contributed by atoms with Crippen molar-refractivity contribution in [1.29, 1.82) is 0 Å². The number of nitrogens with one attached hydrogen (secondary N) is 2. The first-order valence-corrected chi connectivity index (χ1v) is 8.51. The molecule has 0 aliphatic heterocycles. The molecule has 0 saturated heterocycles. The second kappa shape index (κ2) is 10.1. The zero-order valence-electron chi connectivity index (χ0n) is 14.4. The number of hydrogen-bond acceptors (Lipinski definition) is 2. The number of benzene rings is 1. The van der Waals surface area contributed by atoms with Crippen LogP contribution in [0.5, 0.6) is 0 Å². The summed E-state index contributed by atoms with van der Waals surface area (Å²) in [6, 6.07) is 8.33. The first-order valence-electron chi connectivity index (χ1n) is 8.51. The molecule has 4 heteroatoms. The van der Waals surface area contributed by atoms with E-state index in [4.69, 9.17) is 4.74 Å². The summed E-state index contributed by atoms with van der Waals surface area (Å²) in [7, 11) is 3.54. The Morgan fingerprint density at radius 2 is 2.00 bits per heavy atom. The van der Waals surface area contributed by atoms with E-state index in [1.165, 1.54) is 36.8 Å². The molecule has 0 aromatic heterocycles. The molecule has 0 bridgehead atoms. The number of nitrogens with zero attached hydrogens (tertiary/aromatic N) is 1. The summed E-state index contributed by atoms with van der Waals surface area (Å²) < 4.78 is 5.25. The molecule has 126 valence electrons. The molecule has 1 aliphatic carbocycles. The highest BCUT2D eigenvalue weighted by molar-refractivity contribution is 5.79. The fourth-order valence-corrected chi connectivity index (χ4v) is 2.90. The van der Waals surface area contributed by atoms with Crippen molar-refractivity contribution in [2.24, 2.45) is 4.99 Å². The molecule has 0 amide bonds. The minimum Gasteiger partial charge on any atom is -0.380 e. The maximum Gasteiger partial charge on any atom is 0.191 e. The second-order valence-electron chi connectivity index (χ2n) is 5.91. The van der Waals surface area contributed by atoms with Crippen molar-refractivity contribution in [3.8, 4) is 0 Å². The van der Waals surface area contributed by atoms with Gasteiger partial charge in [0.1, 0.15) is 0 Å². The van der Waals surface area contributed by atoms with Crippen LogP contribution in [0.2, 0.25) is 0 Å². The van der Waals surface area contributed by atoms with Crippen LogP contribution in [0.15, 0.2) is 40.9 Å². The molecule has 1 aromatic carbocycles. The highest BCUT2D eigenvalue weighted by Crippen LogP contribution is 2.19. The minimum absolute atomic E-state index is 0.637. The number of allylic oxidation sites excluding steroid dienone is 1. The fraction of sp³-hybridized carbons (Fsp3) is 0.526. The topological polar surface area (TPSA) is 45.7 Å². The smallest absolute Gasteiger partial charge is 0.191 e. The van der Waals surface area contributed by atoms with E-state index >= 15 is 0 Å². The maximum atomic E-state index is 5.25. The zero-order valence-corrected chi connectivity index (χ0v) is 14.4. The molecule has 0 radical (unpaired) electrons. The van der Waals surface area contributed by atoms with Crippen molar-refractivity contribution in [1.82, 2.24) is 10.6 Å². The van der Waals surface area contributed by atoms with E-state index in [1.807, 2.05) is 13.1 Å². The van der Waals surface area contributed by atoms with Crippen molar-refractivity contribution in [3.05, 3.63) is 47.0 Å². The maximum absolute atomic E-state index is 5.25. The lowest BCUT2D eigenvalue weighted by Crippen LogP contribution is -2.37. The average Bonchev–Trinajstić information content (AvgIpc) is 2.60. The molecular weight excluding hydrogens is 286 g/mol. The predicted molar refractivity (Wildman–Crippen MR) is 96.5 cm³/mol. The van der Waals surface area contributed by atoms with Gasteiger partial charge in [-0.25, -0.2) is 0 Å². The summed E-state index contributed by atoms with van der Waals surface area (Å²) in [5.74, 6) is 0.855. The van der Waals surface area contributed by atoms with Gasteiger partial charge in [0.25, 0.3) is 0 Å². The van der Waals surface area contributed by atoms with E-state index in [0.29, 0.717) is 6.61 Å². The molecular formula is C19H29N3O. The largest absolute Gasteiger partial charge is 0.380 e. The molecule has 23 heavy (non-hydrogen) atoms. The van der Waals surface area contributed by atoms with Crippen molar-refractivity contribution < 1.29 is 4.74 Å². The van der Waals surface area contributed by atoms with Gasteiger partial charge in [0.2, 0.25) is 0 Å². The van der Waals surface area contributed by atoms with Crippen molar-refractivity contribution in [2.45, 2.75) is 45.3 Å². The van der Waals surface area contributed by atoms with Crippen LogP contribution < -0.4 is 10.6 Å². The molecule has 0 atom stereocenters. The Balaban J connectivity index is 1.77. The highest BCUT2D eigenvalue weighted by atomic mass is 16.5. The third kappa shape index (κ3) is 6.06. The third-order valence-electron chi connectivity index (χ3n) is 4.21. The monoisotopic (exact) mass is 315 g/mol. The first-order chi connectivity index (χ1) is 11.3. The molecule has 1 aromatic rings. The Kier molecular flexibility index (Phi) is 7.67. The minimum atomic E-state index is 0.637. The lowest BCUT2D eigenvalue weighted by atomic mass is 9.97. The zero-order chi connectivity index (χ0) is 16.3. The first kappa shape index (κ1) is 17.5. The molecule has 2 rings (SSSR count). The van der Waals surface area contributed by atoms with Crippen molar-refractivity contribution in [2.75, 3.05) is 20.7 Å². The van der Waals surface area contributed by atoms with E-state index in [1.54, 1.807) is 12.7 Å². The van der Waals surface area contributed by atoms with Crippen LogP contribution in [0.3, 0.4) is 0 Å². The Hall–Kier alpha value is -1.81. The predicted octanol–water partition coefficient (Wildman–Crippen LogP) is 3.39. The quantitative estimate of drug-likeness (QED) is 0.460. The van der Waals surface area contributed by atoms with Crippen molar-refractivity contribution >= 4 is 5.96 Å². The highest BCUT2D eigenvalue weighted by Gasteiger charge is 2.05. The number of hydrogen-bond donors (Lipinski definition) is 2.